The highest BCUT2D eigenvalue weighted by molar-refractivity contribution is 5.96. The molecule has 2 aromatic carbocycles. The van der Waals surface area contributed by atoms with Gasteiger partial charge in [0.15, 0.2) is 0 Å². The number of ether oxygens (including phenoxy) is 1. The molecule has 0 bridgehead atoms. The summed E-state index contributed by atoms with van der Waals surface area (Å²) in [7, 11) is 1.74. The van der Waals surface area contributed by atoms with Crippen LogP contribution in [0.2, 0.25) is 0 Å². The molecule has 1 heterocycles. The highest BCUT2D eigenvalue weighted by Gasteiger charge is 2.28. The van der Waals surface area contributed by atoms with Crippen LogP contribution in [-0.4, -0.2) is 77.7 Å². The Balaban J connectivity index is 1.71. The summed E-state index contributed by atoms with van der Waals surface area (Å²) >= 11 is 0. The Bertz CT molecular complexity index is 1290. The monoisotopic (exact) mass is 576 g/mol. The van der Waals surface area contributed by atoms with Crippen molar-refractivity contribution in [2.45, 2.75) is 72.7 Å². The van der Waals surface area contributed by atoms with E-state index in [4.69, 9.17) is 4.74 Å². The fourth-order valence-electron chi connectivity index (χ4n) is 4.82. The van der Waals surface area contributed by atoms with Crippen LogP contribution in [-0.2, 0) is 33.8 Å². The minimum atomic E-state index is -0.655. The van der Waals surface area contributed by atoms with Crippen LogP contribution in [0.5, 0.6) is 0 Å². The first-order valence-corrected chi connectivity index (χ1v) is 14.5. The second kappa shape index (κ2) is 14.3. The highest BCUT2D eigenvalue weighted by atomic mass is 16.6. The zero-order valence-corrected chi connectivity index (χ0v) is 25.9. The number of carbonyl (C=O) groups excluding carboxylic acids is 3. The van der Waals surface area contributed by atoms with Crippen molar-refractivity contribution in [3.63, 3.8) is 0 Å². The van der Waals surface area contributed by atoms with Gasteiger partial charge in [-0.1, -0.05) is 37.3 Å². The van der Waals surface area contributed by atoms with Crippen LogP contribution in [0.1, 0.15) is 63.8 Å². The lowest BCUT2D eigenvalue weighted by Gasteiger charge is -2.33. The predicted octanol–water partition coefficient (Wildman–Crippen LogP) is 4.08. The number of rotatable bonds is 11. The number of likely N-dealkylation sites (N-methyl/N-ethyl adjacent to an activating group) is 1. The zero-order valence-electron chi connectivity index (χ0n) is 25.9. The minimum absolute atomic E-state index is 0.0160. The van der Waals surface area contributed by atoms with Gasteiger partial charge in [-0.05, 0) is 69.9 Å². The van der Waals surface area contributed by atoms with Gasteiger partial charge in [-0.15, -0.1) is 0 Å². The third-order valence-electron chi connectivity index (χ3n) is 7.16. The second-order valence-corrected chi connectivity index (χ2v) is 11.7. The van der Waals surface area contributed by atoms with Gasteiger partial charge in [-0.2, -0.15) is 5.26 Å². The molecule has 2 aromatic rings. The summed E-state index contributed by atoms with van der Waals surface area (Å²) in [5.41, 5.74) is 3.70. The number of carbonyl (C=O) groups is 3. The van der Waals surface area contributed by atoms with Gasteiger partial charge in [0, 0.05) is 45.0 Å². The topological polar surface area (TPSA) is 109 Å². The van der Waals surface area contributed by atoms with E-state index in [0.29, 0.717) is 30.8 Å². The van der Waals surface area contributed by atoms with E-state index < -0.39 is 11.7 Å². The molecule has 0 unspecified atom stereocenters. The number of nitrogens with one attached hydrogen (secondary N) is 1. The Hall–Kier alpha value is -3.94. The van der Waals surface area contributed by atoms with Gasteiger partial charge in [0.2, 0.25) is 5.91 Å². The van der Waals surface area contributed by atoms with Crippen molar-refractivity contribution in [1.82, 2.24) is 20.2 Å². The molecule has 0 aliphatic carbocycles. The molecule has 226 valence electrons. The van der Waals surface area contributed by atoms with Crippen molar-refractivity contribution in [2.75, 3.05) is 38.1 Å². The first kappa shape index (κ1) is 32.6. The van der Waals surface area contributed by atoms with E-state index in [2.05, 4.69) is 23.5 Å². The predicted molar refractivity (Wildman–Crippen MR) is 162 cm³/mol. The Morgan fingerprint density at radius 3 is 2.19 bits per heavy atom. The number of hydrogen-bond acceptors (Lipinski definition) is 7. The molecule has 0 fully saturated rings. The number of benzene rings is 2. The lowest BCUT2D eigenvalue weighted by atomic mass is 10.1. The molecule has 3 rings (SSSR count). The summed E-state index contributed by atoms with van der Waals surface area (Å²) in [6.45, 7) is 12.8. The van der Waals surface area contributed by atoms with Gasteiger partial charge >= 0.3 is 6.09 Å². The number of nitriles is 1. The van der Waals surface area contributed by atoms with E-state index in [-0.39, 0.29) is 44.0 Å². The first-order valence-electron chi connectivity index (χ1n) is 14.5. The van der Waals surface area contributed by atoms with Gasteiger partial charge in [0.1, 0.15) is 5.60 Å². The lowest BCUT2D eigenvalue weighted by molar-refractivity contribution is -0.145. The van der Waals surface area contributed by atoms with Gasteiger partial charge in [-0.3, -0.25) is 19.9 Å². The maximum Gasteiger partial charge on any atom is 0.410 e. The van der Waals surface area contributed by atoms with Crippen LogP contribution in [0.15, 0.2) is 42.5 Å². The molecule has 10 nitrogen and oxygen atoms in total. The zero-order chi connectivity index (χ0) is 31.0. The lowest BCUT2D eigenvalue weighted by Crippen LogP contribution is -2.49. The average Bonchev–Trinajstić information content (AvgIpc) is 3.37. The average molecular weight is 577 g/mol. The van der Waals surface area contributed by atoms with E-state index in [9.17, 15) is 19.6 Å². The third kappa shape index (κ3) is 8.54. The Kier molecular flexibility index (Phi) is 11.1. The van der Waals surface area contributed by atoms with Gasteiger partial charge in [0.05, 0.1) is 24.7 Å². The standard InChI is InChI=1S/C32H44N6O4/c1-8-25-14-13-24(18-33)17-28(25)38(16-15-37(23(2)3)31(41)42-32(4,5)6)30(40)20-34-19-29(39)35(7)36-21-26-11-9-10-12-27(26)22-36/h9-14,17,23,34H,8,15-16,19-22H2,1-7H3. The van der Waals surface area contributed by atoms with Gasteiger partial charge < -0.3 is 14.5 Å². The molecule has 3 amide bonds. The van der Waals surface area contributed by atoms with E-state index in [1.54, 1.807) is 34.0 Å². The molecule has 1 N–H and O–H groups in total. The molecule has 0 atom stereocenters. The molecular weight excluding hydrogens is 532 g/mol. The molecule has 42 heavy (non-hydrogen) atoms. The van der Waals surface area contributed by atoms with Crippen LogP contribution < -0.4 is 10.2 Å². The molecule has 0 radical (unpaired) electrons. The second-order valence-electron chi connectivity index (χ2n) is 11.7. The van der Waals surface area contributed by atoms with E-state index in [1.807, 2.05) is 64.8 Å². The maximum atomic E-state index is 13.7. The van der Waals surface area contributed by atoms with E-state index >= 15 is 0 Å². The molecule has 0 saturated heterocycles. The number of nitrogens with zero attached hydrogens (tertiary/aromatic N) is 5. The van der Waals surface area contributed by atoms with E-state index in [1.165, 1.54) is 11.1 Å². The maximum absolute atomic E-state index is 13.7. The highest BCUT2D eigenvalue weighted by Crippen LogP contribution is 2.25. The van der Waals surface area contributed by atoms with Crippen LogP contribution in [0.3, 0.4) is 0 Å². The van der Waals surface area contributed by atoms with Crippen molar-refractivity contribution in [3.8, 4) is 6.07 Å². The van der Waals surface area contributed by atoms with E-state index in [0.717, 1.165) is 5.56 Å². The van der Waals surface area contributed by atoms with Gasteiger partial charge in [0.25, 0.3) is 5.91 Å². The number of hydrazine groups is 1. The molecular formula is C32H44N6O4. The van der Waals surface area contributed by atoms with Crippen molar-refractivity contribution in [2.24, 2.45) is 0 Å². The van der Waals surface area contributed by atoms with Crippen LogP contribution in [0.4, 0.5) is 10.5 Å². The number of fused-ring (bicyclic) bond motifs is 1. The molecule has 10 heteroatoms. The van der Waals surface area contributed by atoms with Crippen molar-refractivity contribution in [3.05, 3.63) is 64.7 Å². The summed E-state index contributed by atoms with van der Waals surface area (Å²) in [4.78, 5) is 42.7. The number of anilines is 1. The summed E-state index contributed by atoms with van der Waals surface area (Å²) in [6, 6.07) is 15.4. The van der Waals surface area contributed by atoms with Crippen LogP contribution in [0.25, 0.3) is 0 Å². The Morgan fingerprint density at radius 1 is 1.02 bits per heavy atom. The summed E-state index contributed by atoms with van der Waals surface area (Å²) in [5.74, 6) is -0.421. The van der Waals surface area contributed by atoms with Crippen molar-refractivity contribution < 1.29 is 19.1 Å². The summed E-state index contributed by atoms with van der Waals surface area (Å²) in [5, 5.41) is 16.1. The molecule has 1 aliphatic heterocycles. The number of hydrogen-bond donors (Lipinski definition) is 1. The van der Waals surface area contributed by atoms with Gasteiger partial charge in [-0.25, -0.2) is 9.80 Å². The fourth-order valence-corrected chi connectivity index (χ4v) is 4.82. The quantitative estimate of drug-likeness (QED) is 0.429. The third-order valence-corrected chi connectivity index (χ3v) is 7.16. The van der Waals surface area contributed by atoms with Crippen LogP contribution >= 0.6 is 0 Å². The fraction of sp³-hybridized carbons (Fsp3) is 0.500. The first-order chi connectivity index (χ1) is 19.8. The Morgan fingerprint density at radius 2 is 1.64 bits per heavy atom. The molecule has 0 saturated carbocycles. The van der Waals surface area contributed by atoms with Crippen LogP contribution in [0, 0.1) is 11.3 Å². The minimum Gasteiger partial charge on any atom is -0.444 e. The smallest absolute Gasteiger partial charge is 0.410 e. The molecule has 0 aromatic heterocycles. The number of amides is 3. The van der Waals surface area contributed by atoms with Crippen molar-refractivity contribution >= 4 is 23.6 Å². The Labute approximate surface area is 249 Å². The number of aryl methyl sites for hydroxylation is 1. The normalized spacial score (nSPS) is 12.9. The largest absolute Gasteiger partial charge is 0.444 e. The molecule has 0 spiro atoms. The molecule has 1 aliphatic rings. The summed E-state index contributed by atoms with van der Waals surface area (Å²) in [6.07, 6.45) is 0.196. The van der Waals surface area contributed by atoms with Crippen molar-refractivity contribution in [1.29, 1.82) is 5.26 Å². The summed E-state index contributed by atoms with van der Waals surface area (Å²) < 4.78 is 5.60. The SMILES string of the molecule is CCc1ccc(C#N)cc1N(CCN(C(=O)OC(C)(C)C)C(C)C)C(=O)CNCC(=O)N(C)N1Cc2ccccc2C1.